The average Bonchev–Trinajstić information content (AvgIpc) is 2.79. The Balaban J connectivity index is 2.16. The Morgan fingerprint density at radius 1 is 1.44 bits per heavy atom. The van der Waals surface area contributed by atoms with Crippen molar-refractivity contribution in [3.8, 4) is 11.9 Å². The lowest BCUT2D eigenvalue weighted by molar-refractivity contribution is 0.457. The minimum absolute atomic E-state index is 0.0459. The number of hydrazone groups is 1. The van der Waals surface area contributed by atoms with E-state index < -0.39 is 0 Å². The van der Waals surface area contributed by atoms with E-state index in [4.69, 9.17) is 10.4 Å². The predicted molar refractivity (Wildman–Crippen MR) is 66.0 cm³/mol. The molecule has 2 rings (SSSR count). The van der Waals surface area contributed by atoms with Crippen LogP contribution in [0.5, 0.6) is 5.88 Å². The summed E-state index contributed by atoms with van der Waals surface area (Å²) in [4.78, 5) is 3.73. The summed E-state index contributed by atoms with van der Waals surface area (Å²) in [5.74, 6) is -0.505. The van der Waals surface area contributed by atoms with Crippen LogP contribution in [-0.2, 0) is 0 Å². The second-order valence-corrected chi connectivity index (χ2v) is 4.06. The maximum Gasteiger partial charge on any atom is 0.222 e. The van der Waals surface area contributed by atoms with Gasteiger partial charge in [0.1, 0.15) is 11.9 Å². The van der Waals surface area contributed by atoms with Gasteiger partial charge in [0.15, 0.2) is 10.7 Å². The van der Waals surface area contributed by atoms with Gasteiger partial charge in [0.05, 0.1) is 11.1 Å². The number of nitriles is 1. The second-order valence-electron chi connectivity index (χ2n) is 3.20. The van der Waals surface area contributed by atoms with Crippen LogP contribution in [-0.4, -0.2) is 15.8 Å². The third-order valence-corrected chi connectivity index (χ3v) is 2.78. The lowest BCUT2D eigenvalue weighted by Gasteiger charge is -1.99. The predicted octanol–water partition coefficient (Wildman–Crippen LogP) is 2.33. The molecule has 90 valence electrons. The fourth-order valence-corrected chi connectivity index (χ4v) is 1.76. The number of hydrogen-bond donors (Lipinski definition) is 2. The normalized spacial score (nSPS) is 11.0. The molecule has 1 heterocycles. The largest absolute Gasteiger partial charge is 0.493 e. The maximum absolute atomic E-state index is 12.7. The van der Waals surface area contributed by atoms with E-state index >= 15 is 0 Å². The summed E-state index contributed by atoms with van der Waals surface area (Å²) < 4.78 is 12.7. The first-order chi connectivity index (χ1) is 8.69. The van der Waals surface area contributed by atoms with Gasteiger partial charge in [0.25, 0.3) is 0 Å². The van der Waals surface area contributed by atoms with Crippen molar-refractivity contribution in [2.75, 3.05) is 5.43 Å². The molecule has 0 spiro atoms. The van der Waals surface area contributed by atoms with Crippen LogP contribution >= 0.6 is 11.3 Å². The minimum Gasteiger partial charge on any atom is -0.493 e. The van der Waals surface area contributed by atoms with Gasteiger partial charge in [-0.1, -0.05) is 0 Å². The lowest BCUT2D eigenvalue weighted by atomic mass is 10.3. The number of nitrogens with zero attached hydrogens (tertiary/aromatic N) is 3. The van der Waals surface area contributed by atoms with Crippen molar-refractivity contribution in [3.63, 3.8) is 0 Å². The lowest BCUT2D eigenvalue weighted by Crippen LogP contribution is -2.01. The van der Waals surface area contributed by atoms with E-state index in [2.05, 4.69) is 15.5 Å². The SMILES string of the molecule is N#CC(=NNc1ccc(F)cc1)c1nc(O)cs1. The molecule has 0 aliphatic carbocycles. The van der Waals surface area contributed by atoms with Gasteiger partial charge >= 0.3 is 0 Å². The fourth-order valence-electron chi connectivity index (χ4n) is 1.14. The van der Waals surface area contributed by atoms with Gasteiger partial charge in [-0.2, -0.15) is 15.3 Å². The van der Waals surface area contributed by atoms with Crippen molar-refractivity contribution in [2.24, 2.45) is 5.10 Å². The summed E-state index contributed by atoms with van der Waals surface area (Å²) in [7, 11) is 0. The molecule has 1 aromatic carbocycles. The number of halogens is 1. The van der Waals surface area contributed by atoms with Crippen LogP contribution in [0.25, 0.3) is 0 Å². The molecule has 0 aliphatic heterocycles. The highest BCUT2D eigenvalue weighted by molar-refractivity contribution is 7.12. The van der Waals surface area contributed by atoms with Crippen LogP contribution in [0.4, 0.5) is 10.1 Å². The molecule has 0 unspecified atom stereocenters. The van der Waals surface area contributed by atoms with E-state index in [0.717, 1.165) is 11.3 Å². The summed E-state index contributed by atoms with van der Waals surface area (Å²) in [6.45, 7) is 0. The van der Waals surface area contributed by atoms with Gasteiger partial charge in [0.2, 0.25) is 5.88 Å². The Morgan fingerprint density at radius 2 is 2.17 bits per heavy atom. The molecule has 0 radical (unpaired) electrons. The monoisotopic (exact) mass is 262 g/mol. The van der Waals surface area contributed by atoms with Crippen LogP contribution in [0.1, 0.15) is 5.01 Å². The molecule has 0 fully saturated rings. The quantitative estimate of drug-likeness (QED) is 0.657. The molecule has 5 nitrogen and oxygen atoms in total. The Hall–Kier alpha value is -2.46. The smallest absolute Gasteiger partial charge is 0.222 e. The molecule has 2 N–H and O–H groups in total. The number of hydrogen-bond acceptors (Lipinski definition) is 6. The number of thiazole rings is 1. The number of benzene rings is 1. The highest BCUT2D eigenvalue weighted by Gasteiger charge is 2.08. The highest BCUT2D eigenvalue weighted by atomic mass is 32.1. The molecule has 0 saturated carbocycles. The molecule has 0 atom stereocenters. The Kier molecular flexibility index (Phi) is 3.50. The van der Waals surface area contributed by atoms with Crippen molar-refractivity contribution < 1.29 is 9.50 Å². The van der Waals surface area contributed by atoms with E-state index in [1.54, 1.807) is 0 Å². The van der Waals surface area contributed by atoms with Crippen molar-refractivity contribution >= 4 is 22.7 Å². The molecular formula is C11H7FN4OS. The van der Waals surface area contributed by atoms with E-state index in [1.165, 1.54) is 29.6 Å². The zero-order valence-electron chi connectivity index (χ0n) is 8.96. The van der Waals surface area contributed by atoms with Gasteiger partial charge in [-0.05, 0) is 24.3 Å². The Bertz CT molecular complexity index is 615. The van der Waals surface area contributed by atoms with E-state index in [-0.39, 0.29) is 17.4 Å². The van der Waals surface area contributed by atoms with Crippen LogP contribution in [0.3, 0.4) is 0 Å². The van der Waals surface area contributed by atoms with Gasteiger partial charge in [-0.3, -0.25) is 5.43 Å². The van der Waals surface area contributed by atoms with E-state index in [9.17, 15) is 4.39 Å². The standard InChI is InChI=1S/C11H7FN4OS/c12-7-1-3-8(4-2-7)15-16-9(5-13)11-14-10(17)6-18-11/h1-4,6,15,17H. The number of anilines is 1. The highest BCUT2D eigenvalue weighted by Crippen LogP contribution is 2.15. The number of aromatic nitrogens is 1. The zero-order valence-corrected chi connectivity index (χ0v) is 9.78. The molecule has 0 amide bonds. The molecule has 0 bridgehead atoms. The first-order valence-corrected chi connectivity index (χ1v) is 5.71. The summed E-state index contributed by atoms with van der Waals surface area (Å²) in [5.41, 5.74) is 3.21. The summed E-state index contributed by atoms with van der Waals surface area (Å²) in [5, 5.41) is 23.6. The van der Waals surface area contributed by atoms with Crippen LogP contribution in [0, 0.1) is 17.1 Å². The summed E-state index contributed by atoms with van der Waals surface area (Å²) >= 11 is 1.11. The molecule has 7 heteroatoms. The zero-order chi connectivity index (χ0) is 13.0. The summed E-state index contributed by atoms with van der Waals surface area (Å²) in [6, 6.07) is 7.40. The van der Waals surface area contributed by atoms with Crippen molar-refractivity contribution in [3.05, 3.63) is 40.5 Å². The first kappa shape index (κ1) is 12.0. The van der Waals surface area contributed by atoms with Crippen molar-refractivity contribution in [1.29, 1.82) is 5.26 Å². The van der Waals surface area contributed by atoms with Gasteiger partial charge < -0.3 is 5.11 Å². The molecule has 1 aromatic heterocycles. The van der Waals surface area contributed by atoms with Crippen LogP contribution < -0.4 is 5.43 Å². The molecular weight excluding hydrogens is 255 g/mol. The Morgan fingerprint density at radius 3 is 2.72 bits per heavy atom. The van der Waals surface area contributed by atoms with Gasteiger partial charge in [0, 0.05) is 0 Å². The van der Waals surface area contributed by atoms with Crippen LogP contribution in [0.2, 0.25) is 0 Å². The second kappa shape index (κ2) is 5.25. The van der Waals surface area contributed by atoms with Crippen molar-refractivity contribution in [2.45, 2.75) is 0 Å². The summed E-state index contributed by atoms with van der Waals surface area (Å²) in [6.07, 6.45) is 0. The van der Waals surface area contributed by atoms with E-state index in [1.807, 2.05) is 6.07 Å². The molecule has 0 aliphatic rings. The first-order valence-electron chi connectivity index (χ1n) is 4.83. The average molecular weight is 262 g/mol. The third kappa shape index (κ3) is 2.81. The fraction of sp³-hybridized carbons (Fsp3) is 0. The maximum atomic E-state index is 12.7. The van der Waals surface area contributed by atoms with Gasteiger partial charge in [-0.15, -0.1) is 11.3 Å². The molecule has 0 saturated heterocycles. The number of nitrogens with one attached hydrogen (secondary N) is 1. The Labute approximate surface area is 106 Å². The van der Waals surface area contributed by atoms with Crippen LogP contribution in [0.15, 0.2) is 34.7 Å². The topological polar surface area (TPSA) is 81.3 Å². The molecule has 18 heavy (non-hydrogen) atoms. The number of aromatic hydroxyl groups is 1. The third-order valence-electron chi connectivity index (χ3n) is 1.94. The van der Waals surface area contributed by atoms with E-state index in [0.29, 0.717) is 10.7 Å². The minimum atomic E-state index is -0.352. The van der Waals surface area contributed by atoms with Crippen molar-refractivity contribution in [1.82, 2.24) is 4.98 Å². The number of rotatable bonds is 3. The van der Waals surface area contributed by atoms with Gasteiger partial charge in [-0.25, -0.2) is 4.39 Å². The molecule has 2 aromatic rings.